The maximum absolute atomic E-state index is 12.4. The maximum atomic E-state index is 12.4. The first-order chi connectivity index (χ1) is 9.88. The van der Waals surface area contributed by atoms with E-state index in [0.717, 1.165) is 0 Å². The van der Waals surface area contributed by atoms with E-state index in [4.69, 9.17) is 34.8 Å². The number of rotatable bonds is 1. The molecule has 1 aliphatic carbocycles. The molecule has 1 aliphatic rings. The van der Waals surface area contributed by atoms with Crippen LogP contribution in [0.25, 0.3) is 11.1 Å². The SMILES string of the molecule is CC(=O)Nc1cc2c(cc1Cl)-c1cc(Cl)c(Cl)cc1C2=O. The number of halogens is 3. The van der Waals surface area contributed by atoms with E-state index < -0.39 is 0 Å². The number of carbonyl (C=O) groups excluding carboxylic acids is 2. The first-order valence-electron chi connectivity index (χ1n) is 6.03. The van der Waals surface area contributed by atoms with Gasteiger partial charge in [-0.05, 0) is 35.4 Å². The van der Waals surface area contributed by atoms with E-state index in [9.17, 15) is 9.59 Å². The number of hydrogen-bond acceptors (Lipinski definition) is 2. The molecule has 0 saturated carbocycles. The predicted molar refractivity (Wildman–Crippen MR) is 84.6 cm³/mol. The summed E-state index contributed by atoms with van der Waals surface area (Å²) in [7, 11) is 0. The van der Waals surface area contributed by atoms with E-state index in [1.54, 1.807) is 24.3 Å². The molecule has 0 bridgehead atoms. The number of nitrogens with one attached hydrogen (secondary N) is 1. The van der Waals surface area contributed by atoms with Crippen molar-refractivity contribution >= 4 is 52.2 Å². The van der Waals surface area contributed by atoms with E-state index in [2.05, 4.69) is 5.32 Å². The van der Waals surface area contributed by atoms with Gasteiger partial charge in [-0.2, -0.15) is 0 Å². The van der Waals surface area contributed by atoms with Crippen LogP contribution in [-0.2, 0) is 4.79 Å². The van der Waals surface area contributed by atoms with Gasteiger partial charge in [0.2, 0.25) is 5.91 Å². The standard InChI is InChI=1S/C15H8Cl3NO2/c1-6(20)19-14-5-10-8(3-13(14)18)7-2-11(16)12(17)4-9(7)15(10)21/h2-5H,1H3,(H,19,20). The monoisotopic (exact) mass is 339 g/mol. The van der Waals surface area contributed by atoms with Crippen LogP contribution in [0, 0.1) is 0 Å². The Morgan fingerprint density at radius 1 is 0.857 bits per heavy atom. The number of fused-ring (bicyclic) bond motifs is 3. The molecule has 0 fully saturated rings. The van der Waals surface area contributed by atoms with Gasteiger partial charge in [0.1, 0.15) is 0 Å². The second-order valence-electron chi connectivity index (χ2n) is 4.70. The van der Waals surface area contributed by atoms with Gasteiger partial charge < -0.3 is 5.32 Å². The van der Waals surface area contributed by atoms with Gasteiger partial charge in [0.05, 0.1) is 20.8 Å². The molecule has 0 unspecified atom stereocenters. The molecule has 2 aromatic rings. The van der Waals surface area contributed by atoms with Crippen molar-refractivity contribution in [3.63, 3.8) is 0 Å². The van der Waals surface area contributed by atoms with E-state index in [-0.39, 0.29) is 11.7 Å². The van der Waals surface area contributed by atoms with E-state index in [1.807, 2.05) is 0 Å². The Labute approximate surface area is 135 Å². The molecule has 3 nitrogen and oxygen atoms in total. The average Bonchev–Trinajstić information content (AvgIpc) is 2.64. The third-order valence-corrected chi connectivity index (χ3v) is 4.29. The van der Waals surface area contributed by atoms with Crippen LogP contribution in [0.2, 0.25) is 15.1 Å². The topological polar surface area (TPSA) is 46.2 Å². The Hall–Kier alpha value is -1.55. The molecule has 1 amide bonds. The zero-order valence-corrected chi connectivity index (χ0v) is 13.0. The highest BCUT2D eigenvalue weighted by Crippen LogP contribution is 2.43. The molecule has 0 saturated heterocycles. The van der Waals surface area contributed by atoms with Crippen LogP contribution in [0.4, 0.5) is 5.69 Å². The van der Waals surface area contributed by atoms with Crippen molar-refractivity contribution in [3.8, 4) is 11.1 Å². The van der Waals surface area contributed by atoms with Gasteiger partial charge in [0, 0.05) is 18.1 Å². The quantitative estimate of drug-likeness (QED) is 0.690. The molecule has 0 spiro atoms. The third-order valence-electron chi connectivity index (χ3n) is 3.26. The van der Waals surface area contributed by atoms with Crippen LogP contribution < -0.4 is 5.32 Å². The van der Waals surface area contributed by atoms with Crippen molar-refractivity contribution in [1.82, 2.24) is 0 Å². The minimum atomic E-state index is -0.258. The van der Waals surface area contributed by atoms with Gasteiger partial charge in [-0.1, -0.05) is 34.8 Å². The fourth-order valence-electron chi connectivity index (χ4n) is 2.37. The van der Waals surface area contributed by atoms with E-state index in [0.29, 0.717) is 43.0 Å². The lowest BCUT2D eigenvalue weighted by molar-refractivity contribution is -0.114. The van der Waals surface area contributed by atoms with Gasteiger partial charge in [-0.3, -0.25) is 9.59 Å². The second kappa shape index (κ2) is 5.02. The van der Waals surface area contributed by atoms with Gasteiger partial charge in [-0.15, -0.1) is 0 Å². The summed E-state index contributed by atoms with van der Waals surface area (Å²) in [6.45, 7) is 1.37. The molecular weight excluding hydrogens is 333 g/mol. The largest absolute Gasteiger partial charge is 0.325 e. The normalized spacial score (nSPS) is 12.1. The number of anilines is 1. The summed E-state index contributed by atoms with van der Waals surface area (Å²) in [6, 6.07) is 6.42. The number of ketones is 1. The van der Waals surface area contributed by atoms with Gasteiger partial charge in [0.25, 0.3) is 0 Å². The first kappa shape index (κ1) is 14.4. The van der Waals surface area contributed by atoms with Crippen molar-refractivity contribution in [2.45, 2.75) is 6.92 Å². The van der Waals surface area contributed by atoms with Crippen molar-refractivity contribution in [3.05, 3.63) is 50.5 Å². The van der Waals surface area contributed by atoms with Crippen molar-refractivity contribution in [1.29, 1.82) is 0 Å². The van der Waals surface area contributed by atoms with Crippen LogP contribution in [0.3, 0.4) is 0 Å². The number of amides is 1. The highest BCUT2D eigenvalue weighted by molar-refractivity contribution is 6.43. The highest BCUT2D eigenvalue weighted by atomic mass is 35.5. The Bertz CT molecular complexity index is 815. The Balaban J connectivity index is 2.22. The summed E-state index contributed by atoms with van der Waals surface area (Å²) in [5, 5.41) is 3.65. The van der Waals surface area contributed by atoms with Gasteiger partial charge in [0.15, 0.2) is 5.78 Å². The lowest BCUT2D eigenvalue weighted by atomic mass is 10.1. The number of hydrogen-bond donors (Lipinski definition) is 1. The minimum absolute atomic E-state index is 0.165. The second-order valence-corrected chi connectivity index (χ2v) is 5.92. The van der Waals surface area contributed by atoms with Crippen LogP contribution >= 0.6 is 34.8 Å². The molecule has 0 radical (unpaired) electrons. The van der Waals surface area contributed by atoms with Gasteiger partial charge >= 0.3 is 0 Å². The average molecular weight is 341 g/mol. The fourth-order valence-corrected chi connectivity index (χ4v) is 2.91. The zero-order valence-electron chi connectivity index (χ0n) is 10.8. The first-order valence-corrected chi connectivity index (χ1v) is 7.17. The van der Waals surface area contributed by atoms with Crippen molar-refractivity contribution in [2.75, 3.05) is 5.32 Å². The molecule has 0 heterocycles. The molecule has 1 N–H and O–H groups in total. The molecule has 2 aromatic carbocycles. The zero-order chi connectivity index (χ0) is 15.3. The van der Waals surface area contributed by atoms with Crippen LogP contribution in [0.1, 0.15) is 22.8 Å². The lowest BCUT2D eigenvalue weighted by Crippen LogP contribution is -2.07. The van der Waals surface area contributed by atoms with E-state index in [1.165, 1.54) is 6.92 Å². The molecule has 3 rings (SSSR count). The lowest BCUT2D eigenvalue weighted by Gasteiger charge is -2.08. The highest BCUT2D eigenvalue weighted by Gasteiger charge is 2.29. The molecule has 6 heteroatoms. The Morgan fingerprint density at radius 2 is 1.33 bits per heavy atom. The molecule has 0 atom stereocenters. The van der Waals surface area contributed by atoms with Gasteiger partial charge in [-0.25, -0.2) is 0 Å². The molecule has 21 heavy (non-hydrogen) atoms. The summed E-state index contributed by atoms with van der Waals surface area (Å²) in [5.41, 5.74) is 2.74. The molecule has 106 valence electrons. The summed E-state index contributed by atoms with van der Waals surface area (Å²) >= 11 is 18.1. The summed E-state index contributed by atoms with van der Waals surface area (Å²) in [4.78, 5) is 23.6. The molecule has 0 aromatic heterocycles. The van der Waals surface area contributed by atoms with Crippen molar-refractivity contribution < 1.29 is 9.59 Å². The maximum Gasteiger partial charge on any atom is 0.221 e. The Morgan fingerprint density at radius 3 is 1.90 bits per heavy atom. The predicted octanol–water partition coefficient (Wildman–Crippen LogP) is 4.82. The molecular formula is C15H8Cl3NO2. The van der Waals surface area contributed by atoms with E-state index >= 15 is 0 Å². The summed E-state index contributed by atoms with van der Waals surface area (Å²) in [5.74, 6) is -0.423. The van der Waals surface area contributed by atoms with Crippen molar-refractivity contribution in [2.24, 2.45) is 0 Å². The molecule has 0 aliphatic heterocycles. The van der Waals surface area contributed by atoms with Crippen LogP contribution in [-0.4, -0.2) is 11.7 Å². The summed E-state index contributed by atoms with van der Waals surface area (Å²) < 4.78 is 0. The minimum Gasteiger partial charge on any atom is -0.325 e. The number of carbonyl (C=O) groups is 2. The Kier molecular flexibility index (Phi) is 3.44. The van der Waals surface area contributed by atoms with Crippen LogP contribution in [0.15, 0.2) is 24.3 Å². The fraction of sp³-hybridized carbons (Fsp3) is 0.0667. The number of benzene rings is 2. The smallest absolute Gasteiger partial charge is 0.221 e. The van der Waals surface area contributed by atoms with Crippen LogP contribution in [0.5, 0.6) is 0 Å². The summed E-state index contributed by atoms with van der Waals surface area (Å²) in [6.07, 6.45) is 0. The third kappa shape index (κ3) is 2.31.